The van der Waals surface area contributed by atoms with Gasteiger partial charge in [0.1, 0.15) is 9.71 Å². The summed E-state index contributed by atoms with van der Waals surface area (Å²) in [6, 6.07) is 0. The van der Waals surface area contributed by atoms with Crippen LogP contribution in [0.15, 0.2) is 9.59 Å². The van der Waals surface area contributed by atoms with Crippen LogP contribution in [0.5, 0.6) is 0 Å². The average Bonchev–Trinajstić information content (AvgIpc) is 2.70. The Bertz CT molecular complexity index is 725. The number of aromatic amines is 2. The molecule has 0 aliphatic rings. The van der Waals surface area contributed by atoms with E-state index < -0.39 is 17.1 Å². The van der Waals surface area contributed by atoms with E-state index in [1.165, 1.54) is 0 Å². The predicted octanol–water partition coefficient (Wildman–Crippen LogP) is 1.41. The van der Waals surface area contributed by atoms with Gasteiger partial charge in [0, 0.05) is 5.56 Å². The number of hydrogen-bond acceptors (Lipinski definition) is 5. The van der Waals surface area contributed by atoms with Gasteiger partial charge in [-0.05, 0) is 13.3 Å². The second-order valence-corrected chi connectivity index (χ2v) is 5.01. The normalized spacial score (nSPS) is 10.8. The molecule has 0 bridgehead atoms. The van der Waals surface area contributed by atoms with Gasteiger partial charge in [-0.25, -0.2) is 4.79 Å². The van der Waals surface area contributed by atoms with Crippen LogP contribution in [0.4, 0.5) is 0 Å². The number of thiophene rings is 1. The summed E-state index contributed by atoms with van der Waals surface area (Å²) in [5.41, 5.74) is -0.168. The highest BCUT2D eigenvalue weighted by Gasteiger charge is 2.20. The molecule has 0 fully saturated rings. The summed E-state index contributed by atoms with van der Waals surface area (Å²) in [6.45, 7) is 3.99. The first kappa shape index (κ1) is 13.5. The van der Waals surface area contributed by atoms with Crippen LogP contribution >= 0.6 is 11.3 Å². The van der Waals surface area contributed by atoms with Crippen molar-refractivity contribution in [2.75, 3.05) is 6.61 Å². The number of esters is 1. The minimum absolute atomic E-state index is 0.283. The lowest BCUT2D eigenvalue weighted by Crippen LogP contribution is -2.28. The molecular formula is C12H14N2O4S. The molecule has 2 rings (SSSR count). The molecule has 7 heteroatoms. The molecule has 0 radical (unpaired) electrons. The van der Waals surface area contributed by atoms with Crippen molar-refractivity contribution in [3.05, 3.63) is 31.1 Å². The van der Waals surface area contributed by atoms with Crippen LogP contribution in [0, 0.1) is 0 Å². The lowest BCUT2D eigenvalue weighted by atomic mass is 10.1. The molecule has 0 aliphatic carbocycles. The smallest absolute Gasteiger partial charge is 0.348 e. The van der Waals surface area contributed by atoms with Crippen molar-refractivity contribution >= 4 is 27.7 Å². The van der Waals surface area contributed by atoms with E-state index in [4.69, 9.17) is 4.74 Å². The summed E-state index contributed by atoms with van der Waals surface area (Å²) in [6.07, 6.45) is 1.45. The molecule has 0 aromatic carbocycles. The number of rotatable bonds is 4. The molecule has 0 unspecified atom stereocenters. The highest BCUT2D eigenvalue weighted by molar-refractivity contribution is 7.20. The van der Waals surface area contributed by atoms with E-state index in [0.717, 1.165) is 23.3 Å². The number of carbonyl (C=O) groups excluding carboxylic acids is 1. The highest BCUT2D eigenvalue weighted by atomic mass is 32.1. The van der Waals surface area contributed by atoms with Crippen LogP contribution in [0.1, 0.15) is 35.5 Å². The van der Waals surface area contributed by atoms with Crippen molar-refractivity contribution in [3.63, 3.8) is 0 Å². The van der Waals surface area contributed by atoms with Gasteiger partial charge in [0.15, 0.2) is 0 Å². The zero-order valence-corrected chi connectivity index (χ0v) is 11.5. The molecule has 0 amide bonds. The van der Waals surface area contributed by atoms with Crippen molar-refractivity contribution in [2.24, 2.45) is 0 Å². The van der Waals surface area contributed by atoms with E-state index >= 15 is 0 Å². The van der Waals surface area contributed by atoms with Crippen LogP contribution in [0.25, 0.3) is 10.3 Å². The summed E-state index contributed by atoms with van der Waals surface area (Å²) in [4.78, 5) is 40.5. The second-order valence-electron chi connectivity index (χ2n) is 3.99. The zero-order valence-electron chi connectivity index (χ0n) is 10.7. The van der Waals surface area contributed by atoms with Gasteiger partial charge in [-0.2, -0.15) is 0 Å². The predicted molar refractivity (Wildman–Crippen MR) is 73.0 cm³/mol. The Morgan fingerprint density at radius 1 is 1.21 bits per heavy atom. The monoisotopic (exact) mass is 282 g/mol. The topological polar surface area (TPSA) is 92.0 Å². The van der Waals surface area contributed by atoms with Crippen LogP contribution in [0.3, 0.4) is 0 Å². The third kappa shape index (κ3) is 2.46. The molecule has 0 saturated carbocycles. The van der Waals surface area contributed by atoms with Gasteiger partial charge in [0.05, 0.1) is 12.1 Å². The number of ether oxygens (including phenoxy) is 1. The van der Waals surface area contributed by atoms with Crippen molar-refractivity contribution < 1.29 is 9.53 Å². The molecule has 2 heterocycles. The number of hydrogen-bond donors (Lipinski definition) is 2. The van der Waals surface area contributed by atoms with Crippen LogP contribution < -0.4 is 11.1 Å². The van der Waals surface area contributed by atoms with Crippen molar-refractivity contribution in [1.82, 2.24) is 9.97 Å². The maximum absolute atomic E-state index is 11.9. The third-order valence-electron chi connectivity index (χ3n) is 2.64. The van der Waals surface area contributed by atoms with E-state index in [1.807, 2.05) is 6.92 Å². The maximum Gasteiger partial charge on any atom is 0.348 e. The van der Waals surface area contributed by atoms with E-state index in [9.17, 15) is 14.4 Å². The third-order valence-corrected chi connectivity index (χ3v) is 3.77. The standard InChI is InChI=1S/C12H14N2O4S/c1-3-5-6-7-11(14-10(16)9(15)13-7)19-8(6)12(17)18-4-2/h3-5H2,1-2H3,(H,13,15)(H,14,16). The zero-order chi connectivity index (χ0) is 14.0. The van der Waals surface area contributed by atoms with Crippen LogP contribution in [0.2, 0.25) is 0 Å². The number of nitrogens with one attached hydrogen (secondary N) is 2. The lowest BCUT2D eigenvalue weighted by Gasteiger charge is -2.02. The van der Waals surface area contributed by atoms with E-state index in [-0.39, 0.29) is 6.61 Å². The lowest BCUT2D eigenvalue weighted by molar-refractivity contribution is 0.0531. The first-order chi connectivity index (χ1) is 9.08. The Kier molecular flexibility index (Phi) is 3.84. The minimum Gasteiger partial charge on any atom is -0.462 e. The number of aryl methyl sites for hydroxylation is 1. The molecule has 2 aromatic heterocycles. The molecular weight excluding hydrogens is 268 g/mol. The number of fused-ring (bicyclic) bond motifs is 1. The first-order valence-corrected chi connectivity index (χ1v) is 6.85. The van der Waals surface area contributed by atoms with E-state index in [0.29, 0.717) is 21.6 Å². The summed E-state index contributed by atoms with van der Waals surface area (Å²) in [5, 5.41) is 0. The van der Waals surface area contributed by atoms with Crippen LogP contribution in [-0.2, 0) is 11.2 Å². The van der Waals surface area contributed by atoms with Gasteiger partial charge in [0.2, 0.25) is 0 Å². The fourth-order valence-electron chi connectivity index (χ4n) is 1.87. The minimum atomic E-state index is -0.716. The number of aromatic nitrogens is 2. The molecule has 2 N–H and O–H groups in total. The quantitative estimate of drug-likeness (QED) is 0.655. The molecule has 0 saturated heterocycles. The van der Waals surface area contributed by atoms with E-state index in [2.05, 4.69) is 9.97 Å². The Labute approximate surface area is 112 Å². The summed E-state index contributed by atoms with van der Waals surface area (Å²) >= 11 is 1.13. The number of H-pyrrole nitrogens is 2. The van der Waals surface area contributed by atoms with Gasteiger partial charge in [-0.3, -0.25) is 9.59 Å². The SMILES string of the molecule is CCCc1c(C(=O)OCC)sc2[nH]c(=O)c(=O)[nH]c12. The Morgan fingerprint density at radius 2 is 1.89 bits per heavy atom. The molecule has 0 atom stereocenters. The first-order valence-electron chi connectivity index (χ1n) is 6.03. The Morgan fingerprint density at radius 3 is 2.53 bits per heavy atom. The molecule has 102 valence electrons. The Balaban J connectivity index is 2.69. The number of carbonyl (C=O) groups is 1. The molecule has 2 aromatic rings. The fourth-order valence-corrected chi connectivity index (χ4v) is 2.96. The van der Waals surface area contributed by atoms with Gasteiger partial charge in [-0.15, -0.1) is 11.3 Å². The maximum atomic E-state index is 11.9. The van der Waals surface area contributed by atoms with Gasteiger partial charge in [0.25, 0.3) is 0 Å². The highest BCUT2D eigenvalue weighted by Crippen LogP contribution is 2.29. The molecule has 0 spiro atoms. The van der Waals surface area contributed by atoms with E-state index in [1.54, 1.807) is 6.92 Å². The molecule has 6 nitrogen and oxygen atoms in total. The molecule has 0 aliphatic heterocycles. The average molecular weight is 282 g/mol. The second kappa shape index (κ2) is 5.40. The summed E-state index contributed by atoms with van der Waals surface area (Å²) in [7, 11) is 0. The van der Waals surface area contributed by atoms with Crippen molar-refractivity contribution in [1.29, 1.82) is 0 Å². The van der Waals surface area contributed by atoms with Gasteiger partial charge < -0.3 is 14.7 Å². The summed E-state index contributed by atoms with van der Waals surface area (Å²) < 4.78 is 4.99. The van der Waals surface area contributed by atoms with Gasteiger partial charge in [-0.1, -0.05) is 13.3 Å². The Hall–Kier alpha value is -1.89. The van der Waals surface area contributed by atoms with Crippen molar-refractivity contribution in [3.8, 4) is 0 Å². The largest absolute Gasteiger partial charge is 0.462 e. The van der Waals surface area contributed by atoms with Crippen molar-refractivity contribution in [2.45, 2.75) is 26.7 Å². The summed E-state index contributed by atoms with van der Waals surface area (Å²) in [5.74, 6) is -0.422. The van der Waals surface area contributed by atoms with Crippen LogP contribution in [-0.4, -0.2) is 22.5 Å². The molecule has 19 heavy (non-hydrogen) atoms. The fraction of sp³-hybridized carbons (Fsp3) is 0.417. The van der Waals surface area contributed by atoms with Gasteiger partial charge >= 0.3 is 17.1 Å².